The van der Waals surface area contributed by atoms with E-state index in [-0.39, 0.29) is 17.7 Å². The molecule has 4 rings (SSSR count). The van der Waals surface area contributed by atoms with Crippen LogP contribution in [0.25, 0.3) is 0 Å². The van der Waals surface area contributed by atoms with E-state index in [0.29, 0.717) is 45.3 Å². The molecule has 1 saturated carbocycles. The number of nitriles is 1. The number of carbonyl (C=O) groups is 2. The lowest BCUT2D eigenvalue weighted by molar-refractivity contribution is -0.144. The highest BCUT2D eigenvalue weighted by atomic mass is 16.2. The van der Waals surface area contributed by atoms with E-state index in [4.69, 9.17) is 0 Å². The van der Waals surface area contributed by atoms with Crippen LogP contribution >= 0.6 is 0 Å². The van der Waals surface area contributed by atoms with Gasteiger partial charge in [-0.25, -0.2) is 0 Å². The monoisotopic (exact) mass is 351 g/mol. The van der Waals surface area contributed by atoms with Crippen LogP contribution in [-0.4, -0.2) is 36.3 Å². The molecule has 3 aliphatic rings. The number of benzene rings is 1. The molecule has 26 heavy (non-hydrogen) atoms. The Balaban J connectivity index is 1.52. The van der Waals surface area contributed by atoms with Gasteiger partial charge in [0, 0.05) is 25.6 Å². The topological polar surface area (TPSA) is 73.2 Å². The maximum atomic E-state index is 13.0. The van der Waals surface area contributed by atoms with Crippen LogP contribution in [0.15, 0.2) is 30.3 Å². The Morgan fingerprint density at radius 2 is 1.77 bits per heavy atom. The molecule has 2 amide bonds. The van der Waals surface area contributed by atoms with Crippen LogP contribution in [0.1, 0.15) is 50.0 Å². The van der Waals surface area contributed by atoms with Crippen molar-refractivity contribution in [1.82, 2.24) is 10.2 Å². The minimum Gasteiger partial charge on any atom is -0.355 e. The van der Waals surface area contributed by atoms with Crippen molar-refractivity contribution in [3.63, 3.8) is 0 Å². The third kappa shape index (κ3) is 2.51. The van der Waals surface area contributed by atoms with Crippen molar-refractivity contribution in [3.05, 3.63) is 35.9 Å². The van der Waals surface area contributed by atoms with Crippen LogP contribution in [0.2, 0.25) is 0 Å². The summed E-state index contributed by atoms with van der Waals surface area (Å²) >= 11 is 0. The minimum absolute atomic E-state index is 0.0120. The molecule has 2 saturated heterocycles. The van der Waals surface area contributed by atoms with E-state index in [2.05, 4.69) is 23.5 Å². The Labute approximate surface area is 154 Å². The molecule has 1 atom stereocenters. The molecular formula is C21H25N3O2. The Morgan fingerprint density at radius 1 is 1.12 bits per heavy atom. The molecule has 0 aromatic heterocycles. The predicted octanol–water partition coefficient (Wildman–Crippen LogP) is 2.59. The number of hydrogen-bond donors (Lipinski definition) is 1. The van der Waals surface area contributed by atoms with E-state index in [9.17, 15) is 14.9 Å². The van der Waals surface area contributed by atoms with Gasteiger partial charge in [0.2, 0.25) is 11.8 Å². The average molecular weight is 351 g/mol. The largest absolute Gasteiger partial charge is 0.355 e. The fraction of sp³-hybridized carbons (Fsp3) is 0.571. The van der Waals surface area contributed by atoms with Crippen molar-refractivity contribution in [3.8, 4) is 6.07 Å². The summed E-state index contributed by atoms with van der Waals surface area (Å²) in [5.74, 6) is 0.265. The van der Waals surface area contributed by atoms with Crippen molar-refractivity contribution in [2.45, 2.75) is 44.4 Å². The molecule has 0 bridgehead atoms. The van der Waals surface area contributed by atoms with E-state index < -0.39 is 10.8 Å². The molecule has 2 heterocycles. The first-order chi connectivity index (χ1) is 12.6. The first kappa shape index (κ1) is 17.1. The van der Waals surface area contributed by atoms with Crippen molar-refractivity contribution in [2.24, 2.45) is 10.8 Å². The van der Waals surface area contributed by atoms with Crippen LogP contribution < -0.4 is 5.32 Å². The molecule has 1 aliphatic carbocycles. The first-order valence-electron chi connectivity index (χ1n) is 9.65. The molecule has 0 radical (unpaired) electrons. The summed E-state index contributed by atoms with van der Waals surface area (Å²) in [7, 11) is 0. The maximum absolute atomic E-state index is 13.0. The molecule has 136 valence electrons. The summed E-state index contributed by atoms with van der Waals surface area (Å²) < 4.78 is 0. The van der Waals surface area contributed by atoms with Gasteiger partial charge in [-0.05, 0) is 31.2 Å². The first-order valence-corrected chi connectivity index (χ1v) is 9.65. The van der Waals surface area contributed by atoms with Gasteiger partial charge in [0.15, 0.2) is 0 Å². The van der Waals surface area contributed by atoms with Gasteiger partial charge >= 0.3 is 0 Å². The molecule has 1 spiro atoms. The molecule has 1 aromatic rings. The lowest BCUT2D eigenvalue weighted by Crippen LogP contribution is -2.51. The Morgan fingerprint density at radius 3 is 2.38 bits per heavy atom. The zero-order valence-corrected chi connectivity index (χ0v) is 15.0. The van der Waals surface area contributed by atoms with Crippen LogP contribution in [0.3, 0.4) is 0 Å². The lowest BCUT2D eigenvalue weighted by atomic mass is 9.67. The van der Waals surface area contributed by atoms with Gasteiger partial charge < -0.3 is 10.2 Å². The second-order valence-electron chi connectivity index (χ2n) is 8.02. The number of amides is 2. The zero-order chi connectivity index (χ0) is 18.2. The van der Waals surface area contributed by atoms with E-state index >= 15 is 0 Å². The van der Waals surface area contributed by atoms with Crippen molar-refractivity contribution in [2.75, 3.05) is 19.6 Å². The summed E-state index contributed by atoms with van der Waals surface area (Å²) in [5, 5.41) is 12.6. The van der Waals surface area contributed by atoms with E-state index in [0.717, 1.165) is 12.8 Å². The van der Waals surface area contributed by atoms with Crippen molar-refractivity contribution in [1.29, 1.82) is 5.26 Å². The number of hydrogen-bond acceptors (Lipinski definition) is 3. The Kier molecular flexibility index (Phi) is 4.22. The summed E-state index contributed by atoms with van der Waals surface area (Å²) in [6.07, 6.45) is 4.61. The number of piperidine rings is 1. The van der Waals surface area contributed by atoms with E-state index in [1.807, 2.05) is 23.1 Å². The number of nitrogens with one attached hydrogen (secondary N) is 1. The van der Waals surface area contributed by atoms with Crippen LogP contribution in [0.4, 0.5) is 0 Å². The van der Waals surface area contributed by atoms with Crippen LogP contribution in [-0.2, 0) is 9.59 Å². The summed E-state index contributed by atoms with van der Waals surface area (Å²) in [4.78, 5) is 27.6. The van der Waals surface area contributed by atoms with Crippen molar-refractivity contribution < 1.29 is 9.59 Å². The van der Waals surface area contributed by atoms with Gasteiger partial charge in [-0.3, -0.25) is 9.59 Å². The third-order valence-corrected chi connectivity index (χ3v) is 6.81. The average Bonchev–Trinajstić information content (AvgIpc) is 3.29. The second kappa shape index (κ2) is 6.42. The SMILES string of the molecule is N#CC1(C(=O)N2CCC3(CC2)C(=O)NCC3c2ccccc2)CCCC1. The minimum atomic E-state index is -0.818. The fourth-order valence-corrected chi connectivity index (χ4v) is 5.19. The molecule has 3 fully saturated rings. The molecule has 1 N–H and O–H groups in total. The summed E-state index contributed by atoms with van der Waals surface area (Å²) in [6.45, 7) is 1.80. The third-order valence-electron chi connectivity index (χ3n) is 6.81. The Hall–Kier alpha value is -2.35. The highest BCUT2D eigenvalue weighted by Gasteiger charge is 2.54. The van der Waals surface area contributed by atoms with Crippen LogP contribution in [0, 0.1) is 22.2 Å². The predicted molar refractivity (Wildman–Crippen MR) is 97.0 cm³/mol. The number of nitrogens with zero attached hydrogens (tertiary/aromatic N) is 2. The van der Waals surface area contributed by atoms with Gasteiger partial charge in [-0.1, -0.05) is 43.2 Å². The van der Waals surface area contributed by atoms with Gasteiger partial charge in [0.05, 0.1) is 11.5 Å². The quantitative estimate of drug-likeness (QED) is 0.890. The zero-order valence-electron chi connectivity index (χ0n) is 15.0. The molecule has 5 heteroatoms. The molecular weight excluding hydrogens is 326 g/mol. The van der Waals surface area contributed by atoms with Gasteiger partial charge in [-0.15, -0.1) is 0 Å². The van der Waals surface area contributed by atoms with Crippen LogP contribution in [0.5, 0.6) is 0 Å². The smallest absolute Gasteiger partial charge is 0.243 e. The van der Waals surface area contributed by atoms with Gasteiger partial charge in [0.1, 0.15) is 5.41 Å². The van der Waals surface area contributed by atoms with Gasteiger partial charge in [-0.2, -0.15) is 5.26 Å². The standard InChI is InChI=1S/C21H25N3O2/c22-15-20(8-4-5-9-20)19(26)24-12-10-21(11-13-24)17(14-23-18(21)25)16-6-2-1-3-7-16/h1-3,6-7,17H,4-5,8-14H2,(H,23,25). The highest BCUT2D eigenvalue weighted by Crippen LogP contribution is 2.48. The number of rotatable bonds is 2. The van der Waals surface area contributed by atoms with Gasteiger partial charge in [0.25, 0.3) is 0 Å². The number of likely N-dealkylation sites (tertiary alicyclic amines) is 1. The van der Waals surface area contributed by atoms with Crippen molar-refractivity contribution >= 4 is 11.8 Å². The number of carbonyl (C=O) groups excluding carboxylic acids is 2. The summed E-state index contributed by atoms with van der Waals surface area (Å²) in [6, 6.07) is 12.5. The fourth-order valence-electron chi connectivity index (χ4n) is 5.19. The molecule has 1 unspecified atom stereocenters. The highest BCUT2D eigenvalue weighted by molar-refractivity contribution is 5.88. The van der Waals surface area contributed by atoms with E-state index in [1.165, 1.54) is 5.56 Å². The Bertz CT molecular complexity index is 738. The molecule has 2 aliphatic heterocycles. The lowest BCUT2D eigenvalue weighted by Gasteiger charge is -2.42. The summed E-state index contributed by atoms with van der Waals surface area (Å²) in [5.41, 5.74) is -0.0514. The maximum Gasteiger partial charge on any atom is 0.243 e. The van der Waals surface area contributed by atoms with E-state index in [1.54, 1.807) is 0 Å². The molecule has 5 nitrogen and oxygen atoms in total. The molecule has 1 aromatic carbocycles. The second-order valence-corrected chi connectivity index (χ2v) is 8.02. The normalized spacial score (nSPS) is 26.5.